The van der Waals surface area contributed by atoms with E-state index in [0.717, 1.165) is 5.56 Å². The van der Waals surface area contributed by atoms with Gasteiger partial charge in [0.15, 0.2) is 5.96 Å². The highest BCUT2D eigenvalue weighted by Crippen LogP contribution is 2.10. The molecule has 13 heteroatoms. The zero-order valence-corrected chi connectivity index (χ0v) is 19.5. The average molecular weight is 487 g/mol. The van der Waals surface area contributed by atoms with Gasteiger partial charge in [0.1, 0.15) is 23.9 Å². The van der Waals surface area contributed by atoms with Gasteiger partial charge in [-0.05, 0) is 49.3 Å². The maximum Gasteiger partial charge on any atom is 0.320 e. The molecule has 0 amide bonds. The van der Waals surface area contributed by atoms with Crippen LogP contribution in [0.3, 0.4) is 0 Å². The van der Waals surface area contributed by atoms with Crippen LogP contribution >= 0.6 is 0 Å². The van der Waals surface area contributed by atoms with Crippen molar-refractivity contribution in [3.8, 4) is 5.75 Å². The Hall–Kier alpha value is -3.42. The van der Waals surface area contributed by atoms with E-state index in [-0.39, 0.29) is 18.1 Å². The maximum absolute atomic E-state index is 10.4. The summed E-state index contributed by atoms with van der Waals surface area (Å²) in [5.74, 6) is -2.40. The minimum absolute atomic E-state index is 0.0129. The van der Waals surface area contributed by atoms with Crippen molar-refractivity contribution in [2.75, 3.05) is 6.54 Å². The van der Waals surface area contributed by atoms with Gasteiger partial charge in [-0.25, -0.2) is 0 Å². The van der Waals surface area contributed by atoms with Crippen molar-refractivity contribution < 1.29 is 34.8 Å². The van der Waals surface area contributed by atoms with E-state index in [0.29, 0.717) is 31.7 Å². The molecule has 194 valence electrons. The second-order valence-electron chi connectivity index (χ2n) is 7.78. The summed E-state index contributed by atoms with van der Waals surface area (Å²) in [5, 5.41) is 34.2. The number of carbonyl (C=O) groups is 3. The molecule has 0 heterocycles. The Labute approximate surface area is 198 Å². The van der Waals surface area contributed by atoms with Crippen LogP contribution in [0.5, 0.6) is 5.75 Å². The minimum Gasteiger partial charge on any atom is -0.508 e. The average Bonchev–Trinajstić information content (AvgIpc) is 2.72. The van der Waals surface area contributed by atoms with Gasteiger partial charge in [-0.3, -0.25) is 19.4 Å². The Bertz CT molecular complexity index is 767. The van der Waals surface area contributed by atoms with E-state index in [1.807, 2.05) is 13.8 Å². The summed E-state index contributed by atoms with van der Waals surface area (Å²) in [6.45, 7) is 4.31. The minimum atomic E-state index is -1.02. The fraction of sp³-hybridized carbons (Fsp3) is 0.524. The van der Waals surface area contributed by atoms with Gasteiger partial charge in [-0.2, -0.15) is 0 Å². The van der Waals surface area contributed by atoms with Crippen LogP contribution in [0, 0.1) is 5.92 Å². The number of phenolic OH excluding ortho intramolecular Hbond substituents is 1. The summed E-state index contributed by atoms with van der Waals surface area (Å²) in [5.41, 5.74) is 26.7. The van der Waals surface area contributed by atoms with Crippen molar-refractivity contribution in [2.45, 2.75) is 57.7 Å². The van der Waals surface area contributed by atoms with Crippen LogP contribution < -0.4 is 28.7 Å². The number of guanidine groups is 1. The first-order valence-electron chi connectivity index (χ1n) is 10.5. The number of nitrogens with two attached hydrogens (primary N) is 5. The fourth-order valence-electron chi connectivity index (χ4n) is 2.22. The lowest BCUT2D eigenvalue weighted by Crippen LogP contribution is -2.32. The van der Waals surface area contributed by atoms with E-state index in [4.69, 9.17) is 49.1 Å². The number of hydrogen-bond acceptors (Lipinski definition) is 8. The normalized spacial score (nSPS) is 12.6. The van der Waals surface area contributed by atoms with Gasteiger partial charge < -0.3 is 49.1 Å². The van der Waals surface area contributed by atoms with Gasteiger partial charge in [0.25, 0.3) is 0 Å². The number of carboxylic acid groups (broad SMARTS) is 3. The van der Waals surface area contributed by atoms with Crippen molar-refractivity contribution in [1.29, 1.82) is 0 Å². The molecular formula is C21H38N6O7. The van der Waals surface area contributed by atoms with Crippen LogP contribution in [0.15, 0.2) is 29.3 Å². The van der Waals surface area contributed by atoms with Crippen LogP contribution in [0.25, 0.3) is 0 Å². The zero-order valence-electron chi connectivity index (χ0n) is 19.5. The summed E-state index contributed by atoms with van der Waals surface area (Å²) in [7, 11) is 0. The third-order valence-electron chi connectivity index (χ3n) is 4.04. The van der Waals surface area contributed by atoms with Gasteiger partial charge in [-0.1, -0.05) is 26.0 Å². The van der Waals surface area contributed by atoms with Gasteiger partial charge in [0.05, 0.1) is 0 Å². The molecule has 3 atom stereocenters. The van der Waals surface area contributed by atoms with Crippen molar-refractivity contribution in [3.05, 3.63) is 29.8 Å². The maximum atomic E-state index is 10.4. The number of hydrogen-bond donors (Lipinski definition) is 9. The SMILES string of the molecule is CC(C)CC(N)C(=O)O.NC(Cc1ccc(O)cc1)C(=O)O.NC(N)=NCCCC(N)C(=O)O. The van der Waals surface area contributed by atoms with Gasteiger partial charge >= 0.3 is 17.9 Å². The van der Waals surface area contributed by atoms with Gasteiger partial charge in [0, 0.05) is 6.54 Å². The van der Waals surface area contributed by atoms with Gasteiger partial charge in [0.2, 0.25) is 0 Å². The third kappa shape index (κ3) is 19.3. The molecule has 0 saturated carbocycles. The summed E-state index contributed by atoms with van der Waals surface area (Å²) in [6.07, 6.45) is 1.78. The predicted octanol–water partition coefficient (Wildman–Crippen LogP) is -0.757. The van der Waals surface area contributed by atoms with Crippen LogP contribution in [0.4, 0.5) is 0 Å². The highest BCUT2D eigenvalue weighted by Gasteiger charge is 2.12. The Kier molecular flexibility index (Phi) is 17.4. The lowest BCUT2D eigenvalue weighted by atomic mass is 10.1. The number of aromatic hydroxyl groups is 1. The zero-order chi connectivity index (χ0) is 26.8. The van der Waals surface area contributed by atoms with E-state index in [2.05, 4.69) is 4.99 Å². The molecule has 0 fully saturated rings. The fourth-order valence-corrected chi connectivity index (χ4v) is 2.22. The second-order valence-corrected chi connectivity index (χ2v) is 7.78. The van der Waals surface area contributed by atoms with E-state index < -0.39 is 36.0 Å². The molecular weight excluding hydrogens is 448 g/mol. The molecule has 14 N–H and O–H groups in total. The molecule has 0 saturated heterocycles. The molecule has 3 unspecified atom stereocenters. The first kappa shape index (κ1) is 32.8. The predicted molar refractivity (Wildman–Crippen MR) is 128 cm³/mol. The van der Waals surface area contributed by atoms with E-state index in [9.17, 15) is 14.4 Å². The molecule has 1 aromatic rings. The molecule has 13 nitrogen and oxygen atoms in total. The van der Waals surface area contributed by atoms with Gasteiger partial charge in [-0.15, -0.1) is 0 Å². The Morgan fingerprint density at radius 1 is 0.853 bits per heavy atom. The number of rotatable bonds is 11. The van der Waals surface area contributed by atoms with Crippen molar-refractivity contribution in [1.82, 2.24) is 0 Å². The first-order chi connectivity index (χ1) is 15.7. The number of nitrogens with zero attached hydrogens (tertiary/aromatic N) is 1. The summed E-state index contributed by atoms with van der Waals surface area (Å²) < 4.78 is 0. The number of aliphatic imine (C=N–C) groups is 1. The van der Waals surface area contributed by atoms with Crippen molar-refractivity contribution in [3.63, 3.8) is 0 Å². The summed E-state index contributed by atoms with van der Waals surface area (Å²) in [4.78, 5) is 34.4. The van der Waals surface area contributed by atoms with Crippen LogP contribution in [-0.4, -0.2) is 69.0 Å². The lowest BCUT2D eigenvalue weighted by molar-refractivity contribution is -0.139. The standard InChI is InChI=1S/C9H11NO3.C6H14N4O2.C6H13NO2/c10-8(9(12)13)5-6-1-3-7(11)4-2-6;7-4(5(11)12)2-1-3-10-6(8)9;1-4(2)3-5(7)6(8)9/h1-4,8,11H,5,10H2,(H,12,13);4H,1-3,7H2,(H,11,12)(H4,8,9,10);4-5H,3,7H2,1-2H3,(H,8,9). The number of benzene rings is 1. The molecule has 0 aliphatic heterocycles. The second kappa shape index (κ2) is 18.1. The van der Waals surface area contributed by atoms with Crippen LogP contribution in [0.1, 0.15) is 38.7 Å². The Morgan fingerprint density at radius 3 is 1.68 bits per heavy atom. The molecule has 1 aromatic carbocycles. The highest BCUT2D eigenvalue weighted by atomic mass is 16.4. The Balaban J connectivity index is 0. The summed E-state index contributed by atoms with van der Waals surface area (Å²) in [6, 6.07) is 3.91. The number of carboxylic acids is 3. The van der Waals surface area contributed by atoms with Crippen LogP contribution in [-0.2, 0) is 20.8 Å². The molecule has 0 aliphatic carbocycles. The van der Waals surface area contributed by atoms with Crippen molar-refractivity contribution in [2.24, 2.45) is 39.6 Å². The summed E-state index contributed by atoms with van der Waals surface area (Å²) >= 11 is 0. The molecule has 0 spiro atoms. The molecule has 0 aromatic heterocycles. The molecule has 0 bridgehead atoms. The molecule has 34 heavy (non-hydrogen) atoms. The van der Waals surface area contributed by atoms with E-state index >= 15 is 0 Å². The topological polar surface area (TPSA) is 275 Å². The van der Waals surface area contributed by atoms with Crippen molar-refractivity contribution >= 4 is 23.9 Å². The number of aliphatic carboxylic acids is 3. The molecule has 0 radical (unpaired) electrons. The largest absolute Gasteiger partial charge is 0.508 e. The molecule has 0 aliphatic rings. The lowest BCUT2D eigenvalue weighted by Gasteiger charge is -2.07. The Morgan fingerprint density at radius 2 is 1.32 bits per heavy atom. The highest BCUT2D eigenvalue weighted by molar-refractivity contribution is 5.75. The monoisotopic (exact) mass is 486 g/mol. The smallest absolute Gasteiger partial charge is 0.320 e. The molecule has 1 rings (SSSR count). The van der Waals surface area contributed by atoms with E-state index in [1.54, 1.807) is 12.1 Å². The number of phenols is 1. The quantitative estimate of drug-likeness (QED) is 0.106. The first-order valence-corrected chi connectivity index (χ1v) is 10.5. The van der Waals surface area contributed by atoms with Crippen LogP contribution in [0.2, 0.25) is 0 Å². The third-order valence-corrected chi connectivity index (χ3v) is 4.04. The van der Waals surface area contributed by atoms with E-state index in [1.165, 1.54) is 12.1 Å².